The van der Waals surface area contributed by atoms with Crippen molar-refractivity contribution < 1.29 is 27.9 Å². The van der Waals surface area contributed by atoms with Gasteiger partial charge in [-0.15, -0.1) is 0 Å². The van der Waals surface area contributed by atoms with E-state index < -0.39 is 22.0 Å². The second kappa shape index (κ2) is 8.41. The van der Waals surface area contributed by atoms with Gasteiger partial charge in [-0.3, -0.25) is 9.59 Å². The highest BCUT2D eigenvalue weighted by Crippen LogP contribution is 2.16. The van der Waals surface area contributed by atoms with Crippen LogP contribution in [-0.4, -0.2) is 61.9 Å². The third-order valence-electron chi connectivity index (χ3n) is 3.98. The second-order valence-corrected chi connectivity index (χ2v) is 7.84. The number of ether oxygens (including phenoxy) is 1. The number of morpholine rings is 1. The average Bonchev–Trinajstić information content (AvgIpc) is 2.60. The number of carboxylic acids is 1. The Morgan fingerprint density at radius 2 is 2.00 bits per heavy atom. The predicted octanol–water partition coefficient (Wildman–Crippen LogP) is 0.442. The SMILES string of the molecule is CCS(=O)(=O)NCc1ccc(C(=O)N2CCOCC2CC(=O)O)cc1. The third-order valence-corrected chi connectivity index (χ3v) is 5.32. The van der Waals surface area contributed by atoms with Crippen molar-refractivity contribution in [1.29, 1.82) is 0 Å². The summed E-state index contributed by atoms with van der Waals surface area (Å²) in [6.07, 6.45) is -0.164. The maximum absolute atomic E-state index is 12.6. The van der Waals surface area contributed by atoms with Crippen LogP contribution in [0.4, 0.5) is 0 Å². The summed E-state index contributed by atoms with van der Waals surface area (Å²) in [7, 11) is -3.27. The Morgan fingerprint density at radius 1 is 1.32 bits per heavy atom. The number of nitrogens with one attached hydrogen (secondary N) is 1. The van der Waals surface area contributed by atoms with E-state index in [9.17, 15) is 18.0 Å². The molecule has 1 saturated heterocycles. The van der Waals surface area contributed by atoms with Crippen molar-refractivity contribution in [2.75, 3.05) is 25.5 Å². The van der Waals surface area contributed by atoms with Gasteiger partial charge >= 0.3 is 5.97 Å². The van der Waals surface area contributed by atoms with Crippen molar-refractivity contribution in [2.45, 2.75) is 25.9 Å². The summed E-state index contributed by atoms with van der Waals surface area (Å²) in [5.41, 5.74) is 1.16. The lowest BCUT2D eigenvalue weighted by Crippen LogP contribution is -2.49. The number of carboxylic acid groups (broad SMARTS) is 1. The number of carbonyl (C=O) groups is 2. The number of benzene rings is 1. The normalized spacial score (nSPS) is 18.1. The van der Waals surface area contributed by atoms with E-state index in [1.807, 2.05) is 0 Å². The van der Waals surface area contributed by atoms with E-state index in [1.165, 1.54) is 4.90 Å². The van der Waals surface area contributed by atoms with Crippen molar-refractivity contribution in [1.82, 2.24) is 9.62 Å². The fourth-order valence-electron chi connectivity index (χ4n) is 2.52. The van der Waals surface area contributed by atoms with Crippen LogP contribution in [0.25, 0.3) is 0 Å². The third kappa shape index (κ3) is 5.52. The Kier molecular flexibility index (Phi) is 6.51. The van der Waals surface area contributed by atoms with Gasteiger partial charge in [0.25, 0.3) is 5.91 Å². The second-order valence-electron chi connectivity index (χ2n) is 5.75. The van der Waals surface area contributed by atoms with Gasteiger partial charge in [-0.2, -0.15) is 0 Å². The van der Waals surface area contributed by atoms with Crippen LogP contribution in [0.15, 0.2) is 24.3 Å². The van der Waals surface area contributed by atoms with Crippen LogP contribution in [0.5, 0.6) is 0 Å². The van der Waals surface area contributed by atoms with E-state index >= 15 is 0 Å². The first kappa shape index (κ1) is 19.4. The molecule has 2 N–H and O–H groups in total. The molecule has 25 heavy (non-hydrogen) atoms. The zero-order valence-corrected chi connectivity index (χ0v) is 14.8. The zero-order valence-electron chi connectivity index (χ0n) is 14.0. The molecule has 1 atom stereocenters. The van der Waals surface area contributed by atoms with E-state index in [-0.39, 0.29) is 31.2 Å². The number of nitrogens with zero attached hydrogens (tertiary/aromatic N) is 1. The lowest BCUT2D eigenvalue weighted by Gasteiger charge is -2.34. The van der Waals surface area contributed by atoms with E-state index in [2.05, 4.69) is 4.72 Å². The molecule has 9 heteroatoms. The first-order valence-electron chi connectivity index (χ1n) is 7.99. The molecule has 0 bridgehead atoms. The molecule has 138 valence electrons. The number of hydrogen-bond acceptors (Lipinski definition) is 5. The molecule has 2 rings (SSSR count). The molecule has 0 aliphatic carbocycles. The van der Waals surface area contributed by atoms with Crippen molar-refractivity contribution in [3.05, 3.63) is 35.4 Å². The van der Waals surface area contributed by atoms with Crippen LogP contribution in [0.2, 0.25) is 0 Å². The number of amides is 1. The molecular weight excluding hydrogens is 348 g/mol. The molecule has 0 saturated carbocycles. The minimum absolute atomic E-state index is 0.00552. The van der Waals surface area contributed by atoms with Crippen LogP contribution in [0, 0.1) is 0 Å². The van der Waals surface area contributed by atoms with Gasteiger partial charge in [0.2, 0.25) is 10.0 Å². The molecule has 1 unspecified atom stereocenters. The van der Waals surface area contributed by atoms with Crippen LogP contribution >= 0.6 is 0 Å². The number of aliphatic carboxylic acids is 1. The van der Waals surface area contributed by atoms with Crippen LogP contribution in [0.3, 0.4) is 0 Å². The van der Waals surface area contributed by atoms with Gasteiger partial charge in [0.1, 0.15) is 0 Å². The molecule has 1 aromatic carbocycles. The topological polar surface area (TPSA) is 113 Å². The maximum Gasteiger partial charge on any atom is 0.305 e. The zero-order chi connectivity index (χ0) is 18.4. The van der Waals surface area contributed by atoms with Gasteiger partial charge in [0.15, 0.2) is 0 Å². The Hall–Kier alpha value is -1.97. The molecule has 0 aromatic heterocycles. The summed E-state index contributed by atoms with van der Waals surface area (Å²) in [4.78, 5) is 25.1. The molecule has 1 heterocycles. The van der Waals surface area contributed by atoms with Gasteiger partial charge in [-0.1, -0.05) is 12.1 Å². The number of carbonyl (C=O) groups excluding carboxylic acids is 1. The van der Waals surface area contributed by atoms with E-state index in [0.717, 1.165) is 5.56 Å². The average molecular weight is 370 g/mol. The molecule has 1 aliphatic heterocycles. The van der Waals surface area contributed by atoms with Gasteiger partial charge in [-0.05, 0) is 24.6 Å². The molecule has 1 amide bonds. The Labute approximate surface area is 146 Å². The monoisotopic (exact) mass is 370 g/mol. The quantitative estimate of drug-likeness (QED) is 0.720. The van der Waals surface area contributed by atoms with E-state index in [1.54, 1.807) is 31.2 Å². The van der Waals surface area contributed by atoms with Crippen molar-refractivity contribution in [3.8, 4) is 0 Å². The molecule has 1 aliphatic rings. The lowest BCUT2D eigenvalue weighted by molar-refractivity contribution is -0.139. The van der Waals surface area contributed by atoms with Gasteiger partial charge < -0.3 is 14.7 Å². The molecule has 0 spiro atoms. The minimum atomic E-state index is -3.27. The van der Waals surface area contributed by atoms with Crippen LogP contribution < -0.4 is 4.72 Å². The van der Waals surface area contributed by atoms with E-state index in [4.69, 9.17) is 9.84 Å². The van der Waals surface area contributed by atoms with E-state index in [0.29, 0.717) is 18.7 Å². The number of rotatable bonds is 7. The molecular formula is C16H22N2O6S. The van der Waals surface area contributed by atoms with Gasteiger partial charge in [0.05, 0.1) is 31.4 Å². The number of sulfonamides is 1. The summed E-state index contributed by atoms with van der Waals surface area (Å²) in [5.74, 6) is -1.23. The van der Waals surface area contributed by atoms with Crippen LogP contribution in [-0.2, 0) is 26.1 Å². The van der Waals surface area contributed by atoms with Crippen LogP contribution in [0.1, 0.15) is 29.3 Å². The van der Waals surface area contributed by atoms with Crippen molar-refractivity contribution in [2.24, 2.45) is 0 Å². The predicted molar refractivity (Wildman–Crippen MR) is 90.6 cm³/mol. The summed E-state index contributed by atoms with van der Waals surface area (Å²) in [6, 6.07) is 6.10. The Balaban J connectivity index is 2.04. The standard InChI is InChI=1S/C16H22N2O6S/c1-2-25(22,23)17-10-12-3-5-13(6-4-12)16(21)18-7-8-24-11-14(18)9-15(19)20/h3-6,14,17H,2,7-11H2,1H3,(H,19,20). The minimum Gasteiger partial charge on any atom is -0.481 e. The Bertz CT molecular complexity index is 717. The molecule has 8 nitrogen and oxygen atoms in total. The summed E-state index contributed by atoms with van der Waals surface area (Å²) < 4.78 is 30.6. The summed E-state index contributed by atoms with van der Waals surface area (Å²) >= 11 is 0. The van der Waals surface area contributed by atoms with Crippen molar-refractivity contribution in [3.63, 3.8) is 0 Å². The smallest absolute Gasteiger partial charge is 0.305 e. The largest absolute Gasteiger partial charge is 0.481 e. The highest BCUT2D eigenvalue weighted by Gasteiger charge is 2.29. The summed E-state index contributed by atoms with van der Waals surface area (Å²) in [6.45, 7) is 2.63. The molecule has 0 radical (unpaired) electrons. The molecule has 1 aromatic rings. The van der Waals surface area contributed by atoms with Gasteiger partial charge in [0, 0.05) is 18.7 Å². The first-order chi connectivity index (χ1) is 11.8. The Morgan fingerprint density at radius 3 is 2.60 bits per heavy atom. The summed E-state index contributed by atoms with van der Waals surface area (Å²) in [5, 5.41) is 8.97. The highest BCUT2D eigenvalue weighted by atomic mass is 32.2. The van der Waals surface area contributed by atoms with Crippen molar-refractivity contribution >= 4 is 21.9 Å². The number of hydrogen-bond donors (Lipinski definition) is 2. The highest BCUT2D eigenvalue weighted by molar-refractivity contribution is 7.89. The first-order valence-corrected chi connectivity index (χ1v) is 9.64. The molecule has 1 fully saturated rings. The maximum atomic E-state index is 12.6. The fourth-order valence-corrected chi connectivity index (χ4v) is 3.11. The lowest BCUT2D eigenvalue weighted by atomic mass is 10.1. The fraction of sp³-hybridized carbons (Fsp3) is 0.500. The van der Waals surface area contributed by atoms with Gasteiger partial charge in [-0.25, -0.2) is 13.1 Å².